The standard InChI is InChI=1S/C24H34ClN3O4/c1-8-31-13-11-18-9-10-19(16(2)15-18)32-14-12-28(23(30)24(4,5)6)22(29)21-20(25)17(3)26-27(21)7/h9-10,15H,8,11-14H2,1-7H3. The highest BCUT2D eigenvalue weighted by Gasteiger charge is 2.34. The zero-order chi connectivity index (χ0) is 24.1. The van der Waals surface area contributed by atoms with Crippen molar-refractivity contribution in [3.05, 3.63) is 45.7 Å². The molecule has 0 unspecified atom stereocenters. The van der Waals surface area contributed by atoms with E-state index in [2.05, 4.69) is 11.2 Å². The van der Waals surface area contributed by atoms with E-state index in [4.69, 9.17) is 21.1 Å². The molecule has 0 saturated heterocycles. The largest absolute Gasteiger partial charge is 0.491 e. The minimum absolute atomic E-state index is 0.0982. The number of benzene rings is 1. The van der Waals surface area contributed by atoms with Gasteiger partial charge in [-0.2, -0.15) is 5.10 Å². The van der Waals surface area contributed by atoms with Crippen molar-refractivity contribution in [1.29, 1.82) is 0 Å². The van der Waals surface area contributed by atoms with Gasteiger partial charge in [-0.15, -0.1) is 0 Å². The molecule has 0 aliphatic heterocycles. The SMILES string of the molecule is CCOCCc1ccc(OCCN(C(=O)c2c(Cl)c(C)nn2C)C(=O)C(C)(C)C)c(C)c1. The van der Waals surface area contributed by atoms with Crippen LogP contribution in [-0.2, 0) is 23.0 Å². The van der Waals surface area contributed by atoms with Crippen LogP contribution in [0.3, 0.4) is 0 Å². The molecule has 0 aliphatic carbocycles. The third-order valence-corrected chi connectivity index (χ3v) is 5.49. The van der Waals surface area contributed by atoms with E-state index in [0.717, 1.165) is 17.7 Å². The molecule has 176 valence electrons. The van der Waals surface area contributed by atoms with Crippen molar-refractivity contribution in [2.24, 2.45) is 12.5 Å². The third kappa shape index (κ3) is 6.33. The minimum atomic E-state index is -0.742. The smallest absolute Gasteiger partial charge is 0.280 e. The Hall–Kier alpha value is -2.38. The van der Waals surface area contributed by atoms with Gasteiger partial charge >= 0.3 is 0 Å². The first-order valence-corrected chi connectivity index (χ1v) is 11.2. The van der Waals surface area contributed by atoms with Gasteiger partial charge in [0.1, 0.15) is 18.1 Å². The van der Waals surface area contributed by atoms with Crippen molar-refractivity contribution in [2.75, 3.05) is 26.4 Å². The van der Waals surface area contributed by atoms with E-state index in [1.54, 1.807) is 34.7 Å². The lowest BCUT2D eigenvalue weighted by atomic mass is 9.94. The molecule has 0 saturated carbocycles. The van der Waals surface area contributed by atoms with Gasteiger partial charge in [0.2, 0.25) is 5.91 Å². The molecular formula is C24H34ClN3O4. The van der Waals surface area contributed by atoms with Gasteiger partial charge in [0.05, 0.1) is 23.9 Å². The Morgan fingerprint density at radius 2 is 1.88 bits per heavy atom. The monoisotopic (exact) mass is 463 g/mol. The summed E-state index contributed by atoms with van der Waals surface area (Å²) < 4.78 is 12.8. The number of ether oxygens (including phenoxy) is 2. The number of nitrogens with zero attached hydrogens (tertiary/aromatic N) is 3. The molecule has 1 aromatic carbocycles. The Bertz CT molecular complexity index is 963. The molecule has 2 aromatic rings. The Balaban J connectivity index is 2.14. The average molecular weight is 464 g/mol. The first kappa shape index (κ1) is 25.9. The lowest BCUT2D eigenvalue weighted by molar-refractivity contribution is -0.137. The zero-order valence-electron chi connectivity index (χ0n) is 20.1. The number of carbonyl (C=O) groups excluding carboxylic acids is 2. The summed E-state index contributed by atoms with van der Waals surface area (Å²) in [5.74, 6) is -0.0659. The van der Waals surface area contributed by atoms with Crippen molar-refractivity contribution in [1.82, 2.24) is 14.7 Å². The molecule has 2 amide bonds. The lowest BCUT2D eigenvalue weighted by Crippen LogP contribution is -2.46. The molecular weight excluding hydrogens is 430 g/mol. The zero-order valence-corrected chi connectivity index (χ0v) is 20.9. The molecule has 0 spiro atoms. The highest BCUT2D eigenvalue weighted by molar-refractivity contribution is 6.34. The number of halogens is 1. The lowest BCUT2D eigenvalue weighted by Gasteiger charge is -2.28. The molecule has 1 heterocycles. The van der Waals surface area contributed by atoms with E-state index >= 15 is 0 Å². The van der Waals surface area contributed by atoms with Gasteiger partial charge in [-0.05, 0) is 44.4 Å². The fourth-order valence-electron chi connectivity index (χ4n) is 3.30. The second-order valence-corrected chi connectivity index (χ2v) is 9.16. The Morgan fingerprint density at radius 1 is 1.19 bits per heavy atom. The first-order chi connectivity index (χ1) is 15.0. The molecule has 1 aromatic heterocycles. The highest BCUT2D eigenvalue weighted by Crippen LogP contribution is 2.25. The maximum absolute atomic E-state index is 13.3. The molecule has 2 rings (SSSR count). The molecule has 0 bridgehead atoms. The predicted octanol–water partition coefficient (Wildman–Crippen LogP) is 4.36. The van der Waals surface area contributed by atoms with Crippen LogP contribution in [0.15, 0.2) is 18.2 Å². The maximum Gasteiger partial charge on any atom is 0.280 e. The van der Waals surface area contributed by atoms with Gasteiger partial charge in [0.15, 0.2) is 0 Å². The van der Waals surface area contributed by atoms with Crippen LogP contribution in [-0.4, -0.2) is 52.9 Å². The van der Waals surface area contributed by atoms with Crippen molar-refractivity contribution < 1.29 is 19.1 Å². The number of rotatable bonds is 9. The van der Waals surface area contributed by atoms with E-state index in [-0.39, 0.29) is 29.8 Å². The number of aryl methyl sites for hydroxylation is 3. The van der Waals surface area contributed by atoms with Crippen LogP contribution in [0, 0.1) is 19.3 Å². The van der Waals surface area contributed by atoms with Crippen LogP contribution >= 0.6 is 11.6 Å². The number of imide groups is 1. The summed E-state index contributed by atoms with van der Waals surface area (Å²) >= 11 is 6.30. The van der Waals surface area contributed by atoms with Gasteiger partial charge in [-0.25, -0.2) is 0 Å². The fraction of sp³-hybridized carbons (Fsp3) is 0.542. The molecule has 0 N–H and O–H groups in total. The summed E-state index contributed by atoms with van der Waals surface area (Å²) in [7, 11) is 1.64. The number of hydrogen-bond donors (Lipinski definition) is 0. The van der Waals surface area contributed by atoms with E-state index in [9.17, 15) is 9.59 Å². The van der Waals surface area contributed by atoms with Crippen molar-refractivity contribution >= 4 is 23.4 Å². The first-order valence-electron chi connectivity index (χ1n) is 10.8. The second-order valence-electron chi connectivity index (χ2n) is 8.78. The van der Waals surface area contributed by atoms with E-state index in [1.807, 2.05) is 26.0 Å². The summed E-state index contributed by atoms with van der Waals surface area (Å²) in [5, 5.41) is 4.45. The summed E-state index contributed by atoms with van der Waals surface area (Å²) in [4.78, 5) is 27.5. The van der Waals surface area contributed by atoms with Crippen LogP contribution in [0.5, 0.6) is 5.75 Å². The number of amides is 2. The van der Waals surface area contributed by atoms with Crippen LogP contribution in [0.4, 0.5) is 0 Å². The maximum atomic E-state index is 13.3. The number of hydrogen-bond acceptors (Lipinski definition) is 5. The second kappa shape index (κ2) is 11.0. The topological polar surface area (TPSA) is 73.7 Å². The van der Waals surface area contributed by atoms with Gasteiger partial charge in [-0.1, -0.05) is 44.5 Å². The van der Waals surface area contributed by atoms with Crippen molar-refractivity contribution in [3.63, 3.8) is 0 Å². The summed E-state index contributed by atoms with van der Waals surface area (Å²) in [6, 6.07) is 5.98. The quantitative estimate of drug-likeness (QED) is 0.516. The Morgan fingerprint density at radius 3 is 2.41 bits per heavy atom. The fourth-order valence-corrected chi connectivity index (χ4v) is 3.54. The van der Waals surface area contributed by atoms with Crippen LogP contribution in [0.25, 0.3) is 0 Å². The van der Waals surface area contributed by atoms with Crippen molar-refractivity contribution in [2.45, 2.75) is 48.0 Å². The summed E-state index contributed by atoms with van der Waals surface area (Å²) in [5.41, 5.74) is 2.15. The Labute approximate surface area is 195 Å². The van der Waals surface area contributed by atoms with E-state index < -0.39 is 11.3 Å². The molecule has 7 nitrogen and oxygen atoms in total. The highest BCUT2D eigenvalue weighted by atomic mass is 35.5. The van der Waals surface area contributed by atoms with Gasteiger partial charge in [0.25, 0.3) is 5.91 Å². The number of carbonyl (C=O) groups is 2. The van der Waals surface area contributed by atoms with E-state index in [1.165, 1.54) is 15.1 Å². The minimum Gasteiger partial charge on any atom is -0.491 e. The van der Waals surface area contributed by atoms with E-state index in [0.29, 0.717) is 18.9 Å². The molecule has 0 radical (unpaired) electrons. The molecule has 0 fully saturated rings. The van der Waals surface area contributed by atoms with Crippen LogP contribution < -0.4 is 4.74 Å². The van der Waals surface area contributed by atoms with Crippen LogP contribution in [0.1, 0.15) is 55.0 Å². The summed E-state index contributed by atoms with van der Waals surface area (Å²) in [6.45, 7) is 12.6. The van der Waals surface area contributed by atoms with Crippen molar-refractivity contribution in [3.8, 4) is 5.75 Å². The molecule has 0 atom stereocenters. The molecule has 32 heavy (non-hydrogen) atoms. The van der Waals surface area contributed by atoms with Gasteiger partial charge < -0.3 is 9.47 Å². The van der Waals surface area contributed by atoms with Crippen LogP contribution in [0.2, 0.25) is 5.02 Å². The van der Waals surface area contributed by atoms with Gasteiger partial charge in [-0.3, -0.25) is 19.2 Å². The normalized spacial score (nSPS) is 11.5. The predicted molar refractivity (Wildman–Crippen MR) is 125 cm³/mol. The molecule has 8 heteroatoms. The Kier molecular flexibility index (Phi) is 8.87. The third-order valence-electron chi connectivity index (χ3n) is 5.03. The number of aromatic nitrogens is 2. The summed E-state index contributed by atoms with van der Waals surface area (Å²) in [6.07, 6.45) is 0.836. The average Bonchev–Trinajstić information content (AvgIpc) is 2.96. The van der Waals surface area contributed by atoms with Gasteiger partial charge in [0, 0.05) is 19.1 Å². The molecule has 0 aliphatic rings.